The van der Waals surface area contributed by atoms with Crippen molar-refractivity contribution in [2.24, 2.45) is 11.8 Å². The largest absolute Gasteiger partial charge is 0.465 e. The van der Waals surface area contributed by atoms with Crippen molar-refractivity contribution in [1.82, 2.24) is 5.32 Å². The Bertz CT molecular complexity index is 206. The minimum absolute atomic E-state index is 0.0190. The number of carbonyl (C=O) groups excluding carboxylic acids is 1. The number of carbonyl (C=O) groups is 1. The first-order valence-electron chi connectivity index (χ1n) is 6.23. The highest BCUT2D eigenvalue weighted by atomic mass is 16.5. The summed E-state index contributed by atoms with van der Waals surface area (Å²) in [4.78, 5) is 11.6. The van der Waals surface area contributed by atoms with E-state index in [4.69, 9.17) is 4.74 Å². The monoisotopic (exact) mass is 211 g/mol. The Morgan fingerprint density at radius 3 is 2.67 bits per heavy atom. The Labute approximate surface area is 91.6 Å². The van der Waals surface area contributed by atoms with Crippen LogP contribution in [0.3, 0.4) is 0 Å². The lowest BCUT2D eigenvalue weighted by molar-refractivity contribution is -0.149. The van der Waals surface area contributed by atoms with Crippen molar-refractivity contribution in [3.63, 3.8) is 0 Å². The van der Waals surface area contributed by atoms with Gasteiger partial charge in [0, 0.05) is 6.54 Å². The molecule has 1 heterocycles. The van der Waals surface area contributed by atoms with Gasteiger partial charge in [0.2, 0.25) is 0 Å². The molecule has 1 aliphatic heterocycles. The van der Waals surface area contributed by atoms with Gasteiger partial charge in [-0.05, 0) is 31.7 Å². The minimum atomic E-state index is 0.0190. The van der Waals surface area contributed by atoms with Gasteiger partial charge in [-0.1, -0.05) is 19.3 Å². The predicted molar refractivity (Wildman–Crippen MR) is 58.5 cm³/mol. The van der Waals surface area contributed by atoms with E-state index in [9.17, 15) is 4.79 Å². The molecule has 2 fully saturated rings. The van der Waals surface area contributed by atoms with Crippen molar-refractivity contribution >= 4 is 5.97 Å². The third-order valence-corrected chi connectivity index (χ3v) is 3.58. The van der Waals surface area contributed by atoms with Gasteiger partial charge in [-0.25, -0.2) is 0 Å². The molecule has 86 valence electrons. The molecule has 1 aliphatic carbocycles. The topological polar surface area (TPSA) is 38.3 Å². The molecule has 15 heavy (non-hydrogen) atoms. The summed E-state index contributed by atoms with van der Waals surface area (Å²) in [5.41, 5.74) is 0. The molecule has 0 amide bonds. The number of rotatable bonds is 3. The Kier molecular flexibility index (Phi) is 4.01. The van der Waals surface area contributed by atoms with Gasteiger partial charge in [-0.3, -0.25) is 4.79 Å². The average molecular weight is 211 g/mol. The van der Waals surface area contributed by atoms with E-state index >= 15 is 0 Å². The molecule has 3 nitrogen and oxygen atoms in total. The zero-order valence-corrected chi connectivity index (χ0v) is 9.34. The Morgan fingerprint density at radius 1 is 1.20 bits per heavy atom. The van der Waals surface area contributed by atoms with Crippen LogP contribution in [0.4, 0.5) is 0 Å². The standard InChI is InChI=1S/C12H21NO2/c14-12(11-6-7-13-8-11)15-9-10-4-2-1-3-5-10/h10-11,13H,1-9H2. The molecule has 1 unspecified atom stereocenters. The Morgan fingerprint density at radius 2 is 2.00 bits per heavy atom. The molecular weight excluding hydrogens is 190 g/mol. The van der Waals surface area contributed by atoms with Gasteiger partial charge in [-0.15, -0.1) is 0 Å². The highest BCUT2D eigenvalue weighted by molar-refractivity contribution is 5.73. The summed E-state index contributed by atoms with van der Waals surface area (Å²) in [6.45, 7) is 2.43. The molecule has 0 spiro atoms. The van der Waals surface area contributed by atoms with Gasteiger partial charge in [0.25, 0.3) is 0 Å². The van der Waals surface area contributed by atoms with Gasteiger partial charge in [0.1, 0.15) is 0 Å². The maximum Gasteiger partial charge on any atom is 0.310 e. The maximum atomic E-state index is 11.6. The summed E-state index contributed by atoms with van der Waals surface area (Å²) in [6.07, 6.45) is 7.42. The molecular formula is C12H21NO2. The second-order valence-electron chi connectivity index (χ2n) is 4.82. The fourth-order valence-corrected chi connectivity index (χ4v) is 2.53. The lowest BCUT2D eigenvalue weighted by Gasteiger charge is -2.21. The lowest BCUT2D eigenvalue weighted by Crippen LogP contribution is -2.23. The molecule has 0 aromatic carbocycles. The van der Waals surface area contributed by atoms with Crippen LogP contribution in [0.25, 0.3) is 0 Å². The molecule has 1 saturated carbocycles. The van der Waals surface area contributed by atoms with Crippen LogP contribution in [0.5, 0.6) is 0 Å². The summed E-state index contributed by atoms with van der Waals surface area (Å²) in [5, 5.41) is 3.19. The number of ether oxygens (including phenoxy) is 1. The van der Waals surface area contributed by atoms with Crippen LogP contribution in [0.1, 0.15) is 38.5 Å². The molecule has 1 N–H and O–H groups in total. The van der Waals surface area contributed by atoms with Gasteiger partial charge < -0.3 is 10.1 Å². The van der Waals surface area contributed by atoms with E-state index in [1.807, 2.05) is 0 Å². The van der Waals surface area contributed by atoms with E-state index < -0.39 is 0 Å². The van der Waals surface area contributed by atoms with Crippen molar-refractivity contribution in [3.8, 4) is 0 Å². The highest BCUT2D eigenvalue weighted by Crippen LogP contribution is 2.24. The molecule has 0 bridgehead atoms. The van der Waals surface area contributed by atoms with Crippen molar-refractivity contribution in [1.29, 1.82) is 0 Å². The molecule has 3 heteroatoms. The van der Waals surface area contributed by atoms with Crippen LogP contribution in [0.2, 0.25) is 0 Å². The Balaban J connectivity index is 1.65. The molecule has 2 rings (SSSR count). The smallest absolute Gasteiger partial charge is 0.310 e. The van der Waals surface area contributed by atoms with Crippen molar-refractivity contribution in [3.05, 3.63) is 0 Å². The first-order chi connectivity index (χ1) is 7.36. The van der Waals surface area contributed by atoms with Crippen molar-refractivity contribution < 1.29 is 9.53 Å². The SMILES string of the molecule is O=C(OCC1CCCCC1)C1CCNC1. The molecule has 0 aromatic rings. The van der Waals surface area contributed by atoms with E-state index in [1.165, 1.54) is 32.1 Å². The van der Waals surface area contributed by atoms with E-state index in [-0.39, 0.29) is 11.9 Å². The molecule has 1 atom stereocenters. The first-order valence-corrected chi connectivity index (χ1v) is 6.23. The van der Waals surface area contributed by atoms with E-state index in [1.54, 1.807) is 0 Å². The number of esters is 1. The number of hydrogen-bond donors (Lipinski definition) is 1. The zero-order chi connectivity index (χ0) is 10.5. The third-order valence-electron chi connectivity index (χ3n) is 3.58. The minimum Gasteiger partial charge on any atom is -0.465 e. The van der Waals surface area contributed by atoms with E-state index in [2.05, 4.69) is 5.32 Å². The van der Waals surface area contributed by atoms with Gasteiger partial charge in [-0.2, -0.15) is 0 Å². The van der Waals surface area contributed by atoms with E-state index in [0.717, 1.165) is 19.5 Å². The summed E-state index contributed by atoms with van der Waals surface area (Å²) >= 11 is 0. The van der Waals surface area contributed by atoms with Gasteiger partial charge >= 0.3 is 5.97 Å². The van der Waals surface area contributed by atoms with Crippen LogP contribution in [-0.4, -0.2) is 25.7 Å². The number of hydrogen-bond acceptors (Lipinski definition) is 3. The Hall–Kier alpha value is -0.570. The fraction of sp³-hybridized carbons (Fsp3) is 0.917. The van der Waals surface area contributed by atoms with Crippen LogP contribution >= 0.6 is 0 Å². The average Bonchev–Trinajstić information content (AvgIpc) is 2.81. The van der Waals surface area contributed by atoms with Crippen molar-refractivity contribution in [2.45, 2.75) is 38.5 Å². The van der Waals surface area contributed by atoms with Crippen molar-refractivity contribution in [2.75, 3.05) is 19.7 Å². The second kappa shape index (κ2) is 5.50. The summed E-state index contributed by atoms with van der Waals surface area (Å²) < 4.78 is 5.39. The summed E-state index contributed by atoms with van der Waals surface area (Å²) in [5.74, 6) is 0.774. The summed E-state index contributed by atoms with van der Waals surface area (Å²) in [7, 11) is 0. The first kappa shape index (κ1) is 10.9. The zero-order valence-electron chi connectivity index (χ0n) is 9.34. The molecule has 0 aromatic heterocycles. The van der Waals surface area contributed by atoms with Crippen LogP contribution in [-0.2, 0) is 9.53 Å². The van der Waals surface area contributed by atoms with Crippen LogP contribution in [0.15, 0.2) is 0 Å². The maximum absolute atomic E-state index is 11.6. The van der Waals surface area contributed by atoms with E-state index in [0.29, 0.717) is 12.5 Å². The third kappa shape index (κ3) is 3.20. The lowest BCUT2D eigenvalue weighted by atomic mass is 9.90. The predicted octanol–water partition coefficient (Wildman–Crippen LogP) is 1.72. The molecule has 1 saturated heterocycles. The quantitative estimate of drug-likeness (QED) is 0.722. The van der Waals surface area contributed by atoms with Gasteiger partial charge in [0.05, 0.1) is 12.5 Å². The molecule has 2 aliphatic rings. The summed E-state index contributed by atoms with van der Waals surface area (Å²) in [6, 6.07) is 0. The van der Waals surface area contributed by atoms with Crippen LogP contribution in [0, 0.1) is 11.8 Å². The van der Waals surface area contributed by atoms with Crippen LogP contribution < -0.4 is 5.32 Å². The normalized spacial score (nSPS) is 27.9. The molecule has 0 radical (unpaired) electrons. The number of nitrogens with one attached hydrogen (secondary N) is 1. The second-order valence-corrected chi connectivity index (χ2v) is 4.82. The fourth-order valence-electron chi connectivity index (χ4n) is 2.53. The van der Waals surface area contributed by atoms with Gasteiger partial charge in [0.15, 0.2) is 0 Å². The highest BCUT2D eigenvalue weighted by Gasteiger charge is 2.24.